The normalized spacial score (nSPS) is 13.0. The summed E-state index contributed by atoms with van der Waals surface area (Å²) in [5, 5.41) is 31.3. The Morgan fingerprint density at radius 1 is 1.26 bits per heavy atom. The summed E-state index contributed by atoms with van der Waals surface area (Å²) in [6, 6.07) is 8.05. The SMILES string of the molecule is Cc1cc(C)n2nc(N)c(N=Nc3cccc([NH+]([O-])O)c3)c2n1. The summed E-state index contributed by atoms with van der Waals surface area (Å²) in [7, 11) is 0. The van der Waals surface area contributed by atoms with E-state index in [2.05, 4.69) is 20.3 Å². The van der Waals surface area contributed by atoms with E-state index in [9.17, 15) is 5.21 Å². The van der Waals surface area contributed by atoms with Crippen LogP contribution >= 0.6 is 0 Å². The van der Waals surface area contributed by atoms with Gasteiger partial charge < -0.3 is 10.9 Å². The van der Waals surface area contributed by atoms with Crippen LogP contribution in [-0.4, -0.2) is 19.8 Å². The van der Waals surface area contributed by atoms with Gasteiger partial charge in [0, 0.05) is 23.5 Å². The first-order chi connectivity index (χ1) is 11.0. The van der Waals surface area contributed by atoms with Gasteiger partial charge in [-0.25, -0.2) is 14.7 Å². The van der Waals surface area contributed by atoms with Crippen LogP contribution in [0.2, 0.25) is 0 Å². The molecule has 0 bridgehead atoms. The second-order valence-corrected chi connectivity index (χ2v) is 5.06. The molecule has 23 heavy (non-hydrogen) atoms. The molecule has 1 aromatic carbocycles. The number of nitrogens with zero attached hydrogens (tertiary/aromatic N) is 5. The van der Waals surface area contributed by atoms with Crippen LogP contribution in [0.1, 0.15) is 11.4 Å². The van der Waals surface area contributed by atoms with Crippen molar-refractivity contribution in [2.24, 2.45) is 10.2 Å². The van der Waals surface area contributed by atoms with Crippen LogP contribution in [-0.2, 0) is 0 Å². The molecule has 0 radical (unpaired) electrons. The van der Waals surface area contributed by atoms with Crippen molar-refractivity contribution in [3.05, 3.63) is 46.9 Å². The first-order valence-corrected chi connectivity index (χ1v) is 6.83. The summed E-state index contributed by atoms with van der Waals surface area (Å²) < 4.78 is 1.60. The zero-order chi connectivity index (χ0) is 16.6. The van der Waals surface area contributed by atoms with E-state index in [1.807, 2.05) is 19.9 Å². The van der Waals surface area contributed by atoms with Gasteiger partial charge in [-0.3, -0.25) is 0 Å². The highest BCUT2D eigenvalue weighted by molar-refractivity contribution is 5.75. The number of quaternary nitrogens is 1. The molecular formula is C14H15N7O2. The van der Waals surface area contributed by atoms with Crippen molar-refractivity contribution in [3.8, 4) is 0 Å². The Hall–Kier alpha value is -2.88. The van der Waals surface area contributed by atoms with E-state index in [1.54, 1.807) is 16.6 Å². The lowest BCUT2D eigenvalue weighted by Gasteiger charge is -2.10. The lowest BCUT2D eigenvalue weighted by molar-refractivity contribution is -0.991. The molecule has 0 saturated heterocycles. The van der Waals surface area contributed by atoms with E-state index in [0.29, 0.717) is 17.0 Å². The van der Waals surface area contributed by atoms with Crippen LogP contribution in [0, 0.1) is 19.1 Å². The molecule has 0 aliphatic heterocycles. The fraction of sp³-hybridized carbons (Fsp3) is 0.143. The summed E-state index contributed by atoms with van der Waals surface area (Å²) in [6.45, 7) is 3.76. The number of hydrogen-bond donors (Lipinski definition) is 3. The van der Waals surface area contributed by atoms with Crippen molar-refractivity contribution in [2.75, 3.05) is 5.73 Å². The average Bonchev–Trinajstić information content (AvgIpc) is 2.81. The largest absolute Gasteiger partial charge is 0.595 e. The lowest BCUT2D eigenvalue weighted by Crippen LogP contribution is -2.99. The Bertz CT molecular complexity index is 902. The topological polar surface area (TPSA) is 129 Å². The predicted octanol–water partition coefficient (Wildman–Crippen LogP) is 1.75. The molecule has 9 nitrogen and oxygen atoms in total. The number of benzene rings is 1. The molecule has 1 unspecified atom stereocenters. The van der Waals surface area contributed by atoms with Crippen LogP contribution in [0.25, 0.3) is 5.65 Å². The van der Waals surface area contributed by atoms with E-state index >= 15 is 0 Å². The molecule has 118 valence electrons. The molecule has 9 heteroatoms. The first kappa shape index (κ1) is 15.0. The molecule has 1 atom stereocenters. The average molecular weight is 313 g/mol. The van der Waals surface area contributed by atoms with Crippen molar-refractivity contribution in [2.45, 2.75) is 13.8 Å². The number of fused-ring (bicyclic) bond motifs is 1. The molecule has 0 spiro atoms. The van der Waals surface area contributed by atoms with Gasteiger partial charge in [-0.1, -0.05) is 6.07 Å². The molecule has 4 N–H and O–H groups in total. The second-order valence-electron chi connectivity index (χ2n) is 5.06. The minimum Gasteiger partial charge on any atom is -0.595 e. The van der Waals surface area contributed by atoms with E-state index in [0.717, 1.165) is 11.4 Å². The maximum atomic E-state index is 11.0. The van der Waals surface area contributed by atoms with Crippen molar-refractivity contribution in [1.29, 1.82) is 0 Å². The van der Waals surface area contributed by atoms with Gasteiger partial charge in [0.05, 0.1) is 5.69 Å². The summed E-state index contributed by atoms with van der Waals surface area (Å²) in [5.74, 6) is 0.212. The van der Waals surface area contributed by atoms with Crippen LogP contribution < -0.4 is 11.0 Å². The number of rotatable bonds is 3. The van der Waals surface area contributed by atoms with Crippen molar-refractivity contribution < 1.29 is 10.4 Å². The van der Waals surface area contributed by atoms with E-state index in [1.165, 1.54) is 12.1 Å². The van der Waals surface area contributed by atoms with Gasteiger partial charge >= 0.3 is 0 Å². The Morgan fingerprint density at radius 2 is 2.04 bits per heavy atom. The van der Waals surface area contributed by atoms with Crippen LogP contribution in [0.15, 0.2) is 40.6 Å². The number of nitrogen functional groups attached to an aromatic ring is 1. The monoisotopic (exact) mass is 313 g/mol. The molecule has 2 aromatic heterocycles. The quantitative estimate of drug-likeness (QED) is 0.501. The third-order valence-electron chi connectivity index (χ3n) is 3.26. The van der Waals surface area contributed by atoms with Gasteiger partial charge in [0.15, 0.2) is 22.8 Å². The van der Waals surface area contributed by atoms with Crippen LogP contribution in [0.4, 0.5) is 22.9 Å². The van der Waals surface area contributed by atoms with Crippen molar-refractivity contribution in [1.82, 2.24) is 14.6 Å². The van der Waals surface area contributed by atoms with E-state index < -0.39 is 5.23 Å². The molecule has 0 fully saturated rings. The van der Waals surface area contributed by atoms with Gasteiger partial charge in [-0.2, -0.15) is 10.3 Å². The predicted molar refractivity (Wildman–Crippen MR) is 83.3 cm³/mol. The van der Waals surface area contributed by atoms with Crippen molar-refractivity contribution >= 4 is 28.5 Å². The first-order valence-electron chi connectivity index (χ1n) is 6.83. The van der Waals surface area contributed by atoms with Gasteiger partial charge in [0.2, 0.25) is 0 Å². The number of nitrogens with one attached hydrogen (secondary N) is 1. The highest BCUT2D eigenvalue weighted by Gasteiger charge is 2.13. The molecule has 0 aliphatic carbocycles. The Balaban J connectivity index is 2.04. The highest BCUT2D eigenvalue weighted by atomic mass is 16.8. The molecule has 0 amide bonds. The maximum absolute atomic E-state index is 11.0. The minimum atomic E-state index is -1.02. The number of hydrogen-bond acceptors (Lipinski definition) is 7. The van der Waals surface area contributed by atoms with Crippen LogP contribution in [0.5, 0.6) is 0 Å². The van der Waals surface area contributed by atoms with Crippen LogP contribution in [0.3, 0.4) is 0 Å². The number of nitrogens with two attached hydrogens (primary N) is 1. The molecule has 0 aliphatic rings. The molecule has 3 rings (SSSR count). The molecule has 0 saturated carbocycles. The number of azo groups is 1. The van der Waals surface area contributed by atoms with Crippen molar-refractivity contribution in [3.63, 3.8) is 0 Å². The number of aromatic nitrogens is 3. The Kier molecular flexibility index (Phi) is 3.74. The third kappa shape index (κ3) is 2.88. The van der Waals surface area contributed by atoms with Gasteiger partial charge in [0.1, 0.15) is 0 Å². The Morgan fingerprint density at radius 3 is 2.78 bits per heavy atom. The molecular weight excluding hydrogens is 298 g/mol. The zero-order valence-corrected chi connectivity index (χ0v) is 12.6. The number of aryl methyl sites for hydroxylation is 2. The molecule has 3 aromatic rings. The third-order valence-corrected chi connectivity index (χ3v) is 3.26. The fourth-order valence-electron chi connectivity index (χ4n) is 2.23. The summed E-state index contributed by atoms with van der Waals surface area (Å²) in [5.41, 5.74) is 9.02. The second kappa shape index (κ2) is 5.72. The fourth-order valence-corrected chi connectivity index (χ4v) is 2.23. The number of anilines is 1. The molecule has 2 heterocycles. The van der Waals surface area contributed by atoms with E-state index in [-0.39, 0.29) is 11.5 Å². The van der Waals surface area contributed by atoms with Gasteiger partial charge in [-0.15, -0.1) is 10.2 Å². The maximum Gasteiger partial charge on any atom is 0.185 e. The standard InChI is InChI=1S/C14H15N7O2/c1-8-6-9(2)20-14(16-8)12(13(15)19-20)18-17-10-4-3-5-11(7-10)21(22)23/h3-7,21-22H,1-2H3,(H2,15,19). The lowest BCUT2D eigenvalue weighted by atomic mass is 10.3. The Labute approximate surface area is 131 Å². The van der Waals surface area contributed by atoms with Gasteiger partial charge in [0.25, 0.3) is 0 Å². The summed E-state index contributed by atoms with van der Waals surface area (Å²) in [6.07, 6.45) is 0. The zero-order valence-electron chi connectivity index (χ0n) is 12.6. The van der Waals surface area contributed by atoms with E-state index in [4.69, 9.17) is 10.9 Å². The summed E-state index contributed by atoms with van der Waals surface area (Å²) >= 11 is 0. The van der Waals surface area contributed by atoms with Gasteiger partial charge in [-0.05, 0) is 26.0 Å². The smallest absolute Gasteiger partial charge is 0.185 e. The minimum absolute atomic E-state index is 0.138. The summed E-state index contributed by atoms with van der Waals surface area (Å²) in [4.78, 5) is 4.39. The highest BCUT2D eigenvalue weighted by Crippen LogP contribution is 2.29.